The number of nitrogens with one attached hydrogen (secondary N) is 2. The van der Waals surface area contributed by atoms with Crippen molar-refractivity contribution in [2.45, 2.75) is 13.8 Å². The third-order valence-corrected chi connectivity index (χ3v) is 3.17. The molecule has 0 unspecified atom stereocenters. The number of phenolic OH excluding ortho intramolecular Hbond substituents is 1. The van der Waals surface area contributed by atoms with Crippen LogP contribution in [0.4, 0.5) is 5.69 Å². The highest BCUT2D eigenvalue weighted by molar-refractivity contribution is 6.08. The molecule has 0 fully saturated rings. The van der Waals surface area contributed by atoms with Gasteiger partial charge in [0, 0.05) is 12.6 Å². The number of carbonyl (C=O) groups excluding carboxylic acids is 2. The smallest absolute Gasteiger partial charge is 0.272 e. The molecule has 0 atom stereocenters. The topological polar surface area (TPSA) is 78.4 Å². The second-order valence-electron chi connectivity index (χ2n) is 5.10. The zero-order chi connectivity index (χ0) is 16.8. The average molecular weight is 310 g/mol. The molecule has 2 aromatic rings. The van der Waals surface area contributed by atoms with E-state index in [0.29, 0.717) is 5.69 Å². The normalized spacial score (nSPS) is 11.0. The maximum absolute atomic E-state index is 12.4. The fourth-order valence-corrected chi connectivity index (χ4v) is 2.00. The number of benzene rings is 2. The Morgan fingerprint density at radius 3 is 2.30 bits per heavy atom. The summed E-state index contributed by atoms with van der Waals surface area (Å²) in [5.74, 6) is -0.652. The number of carbonyl (C=O) groups is 2. The molecule has 23 heavy (non-hydrogen) atoms. The summed E-state index contributed by atoms with van der Waals surface area (Å²) in [6.45, 7) is 3.27. The standard InChI is InChI=1S/C18H18N2O3/c1-12-5-3-4-6-14(12)11-17(19-13(2)21)18(23)20-15-7-9-16(22)10-8-15/h3-11,22H,1-2H3,(H,19,21)(H,20,23)/b17-11+. The molecule has 0 aliphatic carbocycles. The van der Waals surface area contributed by atoms with Crippen molar-refractivity contribution in [1.82, 2.24) is 5.32 Å². The minimum Gasteiger partial charge on any atom is -0.508 e. The summed E-state index contributed by atoms with van der Waals surface area (Å²) in [7, 11) is 0. The minimum absolute atomic E-state index is 0.112. The lowest BCUT2D eigenvalue weighted by Gasteiger charge is -2.10. The van der Waals surface area contributed by atoms with Gasteiger partial charge in [0.2, 0.25) is 5.91 Å². The molecule has 3 N–H and O–H groups in total. The van der Waals surface area contributed by atoms with Crippen molar-refractivity contribution in [1.29, 1.82) is 0 Å². The third kappa shape index (κ3) is 4.71. The molecule has 118 valence electrons. The number of rotatable bonds is 4. The number of amides is 2. The highest BCUT2D eigenvalue weighted by Gasteiger charge is 2.12. The Balaban J connectivity index is 2.27. The summed E-state index contributed by atoms with van der Waals surface area (Å²) >= 11 is 0. The van der Waals surface area contributed by atoms with Crippen molar-refractivity contribution in [3.63, 3.8) is 0 Å². The molecule has 0 heterocycles. The van der Waals surface area contributed by atoms with Gasteiger partial charge in [-0.2, -0.15) is 0 Å². The van der Waals surface area contributed by atoms with Crippen molar-refractivity contribution >= 4 is 23.6 Å². The highest BCUT2D eigenvalue weighted by atomic mass is 16.3. The van der Waals surface area contributed by atoms with Gasteiger partial charge in [0.25, 0.3) is 5.91 Å². The van der Waals surface area contributed by atoms with Gasteiger partial charge in [0.15, 0.2) is 0 Å². The first-order valence-corrected chi connectivity index (χ1v) is 7.11. The van der Waals surface area contributed by atoms with Crippen LogP contribution in [-0.2, 0) is 9.59 Å². The van der Waals surface area contributed by atoms with E-state index in [1.165, 1.54) is 19.1 Å². The Morgan fingerprint density at radius 1 is 1.04 bits per heavy atom. The van der Waals surface area contributed by atoms with E-state index in [1.54, 1.807) is 18.2 Å². The molecule has 0 saturated heterocycles. The van der Waals surface area contributed by atoms with Crippen LogP contribution in [-0.4, -0.2) is 16.9 Å². The van der Waals surface area contributed by atoms with Gasteiger partial charge in [-0.05, 0) is 48.4 Å². The lowest BCUT2D eigenvalue weighted by atomic mass is 10.1. The van der Waals surface area contributed by atoms with Gasteiger partial charge in [0.1, 0.15) is 11.4 Å². The predicted molar refractivity (Wildman–Crippen MR) is 89.7 cm³/mol. The summed E-state index contributed by atoms with van der Waals surface area (Å²) in [5.41, 5.74) is 2.51. The summed E-state index contributed by atoms with van der Waals surface area (Å²) in [5, 5.41) is 14.5. The fourth-order valence-electron chi connectivity index (χ4n) is 2.00. The van der Waals surface area contributed by atoms with E-state index in [9.17, 15) is 14.7 Å². The second-order valence-corrected chi connectivity index (χ2v) is 5.10. The number of aromatic hydroxyl groups is 1. The molecule has 0 spiro atoms. The summed E-state index contributed by atoms with van der Waals surface area (Å²) in [4.78, 5) is 23.8. The largest absolute Gasteiger partial charge is 0.508 e. The van der Waals surface area contributed by atoms with Crippen molar-refractivity contribution in [3.05, 3.63) is 65.4 Å². The van der Waals surface area contributed by atoms with Crippen LogP contribution in [0.15, 0.2) is 54.2 Å². The van der Waals surface area contributed by atoms with Gasteiger partial charge in [-0.15, -0.1) is 0 Å². The number of anilines is 1. The molecular formula is C18H18N2O3. The molecule has 0 aliphatic heterocycles. The van der Waals surface area contributed by atoms with Crippen LogP contribution in [0.5, 0.6) is 5.75 Å². The third-order valence-electron chi connectivity index (χ3n) is 3.17. The van der Waals surface area contributed by atoms with Crippen molar-refractivity contribution in [2.75, 3.05) is 5.32 Å². The van der Waals surface area contributed by atoms with Crippen LogP contribution in [0.2, 0.25) is 0 Å². The summed E-state index contributed by atoms with van der Waals surface area (Å²) < 4.78 is 0. The van der Waals surface area contributed by atoms with E-state index in [-0.39, 0.29) is 17.4 Å². The molecule has 0 bridgehead atoms. The summed E-state index contributed by atoms with van der Waals surface area (Å²) in [6.07, 6.45) is 1.63. The first-order valence-electron chi connectivity index (χ1n) is 7.11. The van der Waals surface area contributed by atoms with Crippen molar-refractivity contribution < 1.29 is 14.7 Å². The Labute approximate surface area is 134 Å². The zero-order valence-electron chi connectivity index (χ0n) is 13.0. The molecule has 2 amide bonds. The van der Waals surface area contributed by atoms with E-state index < -0.39 is 5.91 Å². The van der Waals surface area contributed by atoms with Gasteiger partial charge < -0.3 is 15.7 Å². The van der Waals surface area contributed by atoms with Gasteiger partial charge in [-0.25, -0.2) is 0 Å². The number of aryl methyl sites for hydroxylation is 1. The SMILES string of the molecule is CC(=O)N/C(=C/c1ccccc1C)C(=O)Nc1ccc(O)cc1. The number of hydrogen-bond donors (Lipinski definition) is 3. The molecule has 2 rings (SSSR count). The molecule has 2 aromatic carbocycles. The van der Waals surface area contributed by atoms with Crippen molar-refractivity contribution in [3.8, 4) is 5.75 Å². The highest BCUT2D eigenvalue weighted by Crippen LogP contribution is 2.16. The van der Waals surface area contributed by atoms with E-state index >= 15 is 0 Å². The van der Waals surface area contributed by atoms with E-state index in [2.05, 4.69) is 10.6 Å². The molecule has 0 aliphatic rings. The Kier molecular flexibility index (Phi) is 5.15. The number of hydrogen-bond acceptors (Lipinski definition) is 3. The van der Waals surface area contributed by atoms with Crippen LogP contribution in [0.25, 0.3) is 6.08 Å². The lowest BCUT2D eigenvalue weighted by molar-refractivity contribution is -0.120. The lowest BCUT2D eigenvalue weighted by Crippen LogP contribution is -2.29. The molecule has 0 aromatic heterocycles. The Bertz CT molecular complexity index is 749. The van der Waals surface area contributed by atoms with Gasteiger partial charge in [-0.1, -0.05) is 24.3 Å². The first-order chi connectivity index (χ1) is 11.0. The predicted octanol–water partition coefficient (Wildman–Crippen LogP) is 2.82. The van der Waals surface area contributed by atoms with E-state index in [0.717, 1.165) is 11.1 Å². The second kappa shape index (κ2) is 7.26. The molecular weight excluding hydrogens is 292 g/mol. The maximum atomic E-state index is 12.4. The molecule has 0 saturated carbocycles. The summed E-state index contributed by atoms with van der Waals surface area (Å²) in [6, 6.07) is 13.7. The molecule has 0 radical (unpaired) electrons. The van der Waals surface area contributed by atoms with E-state index in [1.807, 2.05) is 31.2 Å². The van der Waals surface area contributed by atoms with Crippen LogP contribution in [0.3, 0.4) is 0 Å². The maximum Gasteiger partial charge on any atom is 0.272 e. The molecule has 5 nitrogen and oxygen atoms in total. The van der Waals surface area contributed by atoms with Gasteiger partial charge in [-0.3, -0.25) is 9.59 Å². The van der Waals surface area contributed by atoms with Crippen LogP contribution < -0.4 is 10.6 Å². The zero-order valence-corrected chi connectivity index (χ0v) is 13.0. The quantitative estimate of drug-likeness (QED) is 0.600. The van der Waals surface area contributed by atoms with Crippen molar-refractivity contribution in [2.24, 2.45) is 0 Å². The Morgan fingerprint density at radius 2 is 1.70 bits per heavy atom. The van der Waals surface area contributed by atoms with Crippen LogP contribution >= 0.6 is 0 Å². The number of phenols is 1. The van der Waals surface area contributed by atoms with Crippen LogP contribution in [0.1, 0.15) is 18.1 Å². The minimum atomic E-state index is -0.436. The Hall–Kier alpha value is -3.08. The van der Waals surface area contributed by atoms with Gasteiger partial charge >= 0.3 is 0 Å². The first kappa shape index (κ1) is 16.3. The van der Waals surface area contributed by atoms with Crippen LogP contribution in [0, 0.1) is 6.92 Å². The average Bonchev–Trinajstić information content (AvgIpc) is 2.50. The monoisotopic (exact) mass is 310 g/mol. The fraction of sp³-hybridized carbons (Fsp3) is 0.111. The van der Waals surface area contributed by atoms with Gasteiger partial charge in [0.05, 0.1) is 0 Å². The molecule has 5 heteroatoms. The van der Waals surface area contributed by atoms with E-state index in [4.69, 9.17) is 0 Å².